The summed E-state index contributed by atoms with van der Waals surface area (Å²) in [6.07, 6.45) is 3.64. The van der Waals surface area contributed by atoms with Gasteiger partial charge in [0.05, 0.1) is 0 Å². The third kappa shape index (κ3) is 4.41. The van der Waals surface area contributed by atoms with E-state index in [2.05, 4.69) is 61.5 Å². The monoisotopic (exact) mass is 433 g/mol. The Morgan fingerprint density at radius 3 is 2.44 bits per heavy atom. The SMILES string of the molecule is CN1CCN(c2ccc(CNC(=O)C3CCN(c4nnc5ccccn45)CC3)cc2)CC1. The van der Waals surface area contributed by atoms with Gasteiger partial charge >= 0.3 is 0 Å². The third-order valence-electron chi connectivity index (χ3n) is 6.72. The van der Waals surface area contributed by atoms with Crippen LogP contribution in [0.3, 0.4) is 0 Å². The van der Waals surface area contributed by atoms with Gasteiger partial charge in [0.15, 0.2) is 5.65 Å². The zero-order valence-corrected chi connectivity index (χ0v) is 18.7. The van der Waals surface area contributed by atoms with Crippen molar-refractivity contribution in [1.29, 1.82) is 0 Å². The number of likely N-dealkylation sites (N-methyl/N-ethyl adjacent to an activating group) is 1. The van der Waals surface area contributed by atoms with E-state index in [0.29, 0.717) is 6.54 Å². The van der Waals surface area contributed by atoms with E-state index < -0.39 is 0 Å². The summed E-state index contributed by atoms with van der Waals surface area (Å²) in [6, 6.07) is 14.5. The summed E-state index contributed by atoms with van der Waals surface area (Å²) in [5.41, 5.74) is 3.26. The number of carbonyl (C=O) groups is 1. The van der Waals surface area contributed by atoms with Crippen LogP contribution in [0.4, 0.5) is 11.6 Å². The molecule has 0 saturated carbocycles. The Kier molecular flexibility index (Phi) is 5.94. The van der Waals surface area contributed by atoms with Crippen LogP contribution in [0.25, 0.3) is 5.65 Å². The van der Waals surface area contributed by atoms with E-state index in [4.69, 9.17) is 0 Å². The lowest BCUT2D eigenvalue weighted by Crippen LogP contribution is -2.44. The minimum Gasteiger partial charge on any atom is -0.369 e. The quantitative estimate of drug-likeness (QED) is 0.664. The maximum absolute atomic E-state index is 12.7. The van der Waals surface area contributed by atoms with Crippen LogP contribution in [0.5, 0.6) is 0 Å². The van der Waals surface area contributed by atoms with Gasteiger partial charge in [0.1, 0.15) is 0 Å². The number of fused-ring (bicyclic) bond motifs is 1. The topological polar surface area (TPSA) is 69.0 Å². The van der Waals surface area contributed by atoms with Crippen molar-refractivity contribution in [2.24, 2.45) is 5.92 Å². The Bertz CT molecular complexity index is 1050. The van der Waals surface area contributed by atoms with Crippen LogP contribution in [-0.4, -0.2) is 71.7 Å². The number of nitrogens with one attached hydrogen (secondary N) is 1. The van der Waals surface area contributed by atoms with Crippen molar-refractivity contribution in [2.45, 2.75) is 19.4 Å². The minimum atomic E-state index is 0.0510. The summed E-state index contributed by atoms with van der Waals surface area (Å²) in [5.74, 6) is 1.06. The normalized spacial score (nSPS) is 18.3. The first kappa shape index (κ1) is 20.8. The van der Waals surface area contributed by atoms with Crippen LogP contribution in [0.15, 0.2) is 48.7 Å². The molecule has 3 aromatic rings. The molecule has 1 N–H and O–H groups in total. The largest absolute Gasteiger partial charge is 0.369 e. The van der Waals surface area contributed by atoms with Gasteiger partial charge in [-0.2, -0.15) is 0 Å². The van der Waals surface area contributed by atoms with E-state index in [1.54, 1.807) is 0 Å². The van der Waals surface area contributed by atoms with Crippen molar-refractivity contribution in [1.82, 2.24) is 24.8 Å². The second kappa shape index (κ2) is 9.16. The van der Waals surface area contributed by atoms with Gasteiger partial charge in [-0.1, -0.05) is 18.2 Å². The molecule has 32 heavy (non-hydrogen) atoms. The molecule has 168 valence electrons. The van der Waals surface area contributed by atoms with Crippen molar-refractivity contribution in [2.75, 3.05) is 56.1 Å². The highest BCUT2D eigenvalue weighted by Gasteiger charge is 2.27. The molecule has 5 rings (SSSR count). The molecule has 8 heteroatoms. The number of aromatic nitrogens is 3. The number of hydrogen-bond acceptors (Lipinski definition) is 6. The van der Waals surface area contributed by atoms with E-state index in [-0.39, 0.29) is 11.8 Å². The number of nitrogens with zero attached hydrogens (tertiary/aromatic N) is 6. The van der Waals surface area contributed by atoms with Gasteiger partial charge in [-0.3, -0.25) is 9.20 Å². The van der Waals surface area contributed by atoms with Gasteiger partial charge in [0.2, 0.25) is 11.9 Å². The predicted octanol–water partition coefficient (Wildman–Crippen LogP) is 2.01. The first-order valence-electron chi connectivity index (χ1n) is 11.5. The zero-order chi connectivity index (χ0) is 21.9. The number of rotatable bonds is 5. The van der Waals surface area contributed by atoms with E-state index in [0.717, 1.165) is 69.3 Å². The molecule has 2 fully saturated rings. The smallest absolute Gasteiger partial charge is 0.231 e. The summed E-state index contributed by atoms with van der Waals surface area (Å²) in [4.78, 5) is 19.8. The van der Waals surface area contributed by atoms with Crippen molar-refractivity contribution < 1.29 is 4.79 Å². The number of hydrogen-bond donors (Lipinski definition) is 1. The molecular weight excluding hydrogens is 402 g/mol. The van der Waals surface area contributed by atoms with E-state index >= 15 is 0 Å². The number of benzene rings is 1. The van der Waals surface area contributed by atoms with Crippen molar-refractivity contribution in [3.8, 4) is 0 Å². The van der Waals surface area contributed by atoms with Crippen LogP contribution in [-0.2, 0) is 11.3 Å². The highest BCUT2D eigenvalue weighted by atomic mass is 16.1. The molecular formula is C24H31N7O. The first-order chi connectivity index (χ1) is 15.7. The summed E-state index contributed by atoms with van der Waals surface area (Å²) in [6.45, 7) is 6.54. The number of carbonyl (C=O) groups excluding carboxylic acids is 1. The van der Waals surface area contributed by atoms with Gasteiger partial charge in [-0.15, -0.1) is 10.2 Å². The lowest BCUT2D eigenvalue weighted by atomic mass is 9.96. The summed E-state index contributed by atoms with van der Waals surface area (Å²) in [7, 11) is 2.17. The molecule has 0 aliphatic carbocycles. The van der Waals surface area contributed by atoms with E-state index in [9.17, 15) is 4.79 Å². The molecule has 1 aromatic carbocycles. The highest BCUT2D eigenvalue weighted by molar-refractivity contribution is 5.79. The summed E-state index contributed by atoms with van der Waals surface area (Å²) >= 11 is 0. The van der Waals surface area contributed by atoms with Gasteiger partial charge in [0, 0.05) is 63.6 Å². The van der Waals surface area contributed by atoms with E-state index in [1.807, 2.05) is 28.8 Å². The standard InChI is InChI=1S/C24H31N7O/c1-28-14-16-29(17-15-28)21-7-5-19(6-8-21)18-25-23(32)20-9-12-30(13-10-20)24-27-26-22-4-2-3-11-31(22)24/h2-8,11,20H,9-10,12-18H2,1H3,(H,25,32). The van der Waals surface area contributed by atoms with Gasteiger partial charge in [-0.05, 0) is 49.7 Å². The molecule has 1 amide bonds. The minimum absolute atomic E-state index is 0.0510. The number of piperazine rings is 1. The van der Waals surface area contributed by atoms with Crippen LogP contribution >= 0.6 is 0 Å². The van der Waals surface area contributed by atoms with Crippen molar-refractivity contribution in [3.63, 3.8) is 0 Å². The average Bonchev–Trinajstić information content (AvgIpc) is 3.28. The summed E-state index contributed by atoms with van der Waals surface area (Å²) < 4.78 is 2.01. The molecule has 8 nitrogen and oxygen atoms in total. The van der Waals surface area contributed by atoms with Crippen molar-refractivity contribution >= 4 is 23.2 Å². The molecule has 0 radical (unpaired) electrons. The molecule has 2 aliphatic rings. The first-order valence-corrected chi connectivity index (χ1v) is 11.5. The van der Waals surface area contributed by atoms with Crippen LogP contribution in [0.2, 0.25) is 0 Å². The summed E-state index contributed by atoms with van der Waals surface area (Å²) in [5, 5.41) is 11.7. The number of piperidine rings is 1. The predicted molar refractivity (Wildman–Crippen MR) is 126 cm³/mol. The second-order valence-electron chi connectivity index (χ2n) is 8.86. The third-order valence-corrected chi connectivity index (χ3v) is 6.72. The molecule has 0 bridgehead atoms. The Hall–Kier alpha value is -3.13. The number of pyridine rings is 1. The Balaban J connectivity index is 1.11. The molecule has 2 saturated heterocycles. The van der Waals surface area contributed by atoms with Gasteiger partial charge in [-0.25, -0.2) is 0 Å². The fourth-order valence-corrected chi connectivity index (χ4v) is 4.61. The van der Waals surface area contributed by atoms with Crippen LogP contribution in [0.1, 0.15) is 18.4 Å². The zero-order valence-electron chi connectivity index (χ0n) is 18.7. The maximum atomic E-state index is 12.7. The molecule has 2 aromatic heterocycles. The fraction of sp³-hybridized carbons (Fsp3) is 0.458. The molecule has 0 spiro atoms. The van der Waals surface area contributed by atoms with Gasteiger partial charge in [0.25, 0.3) is 0 Å². The Morgan fingerprint density at radius 1 is 0.938 bits per heavy atom. The highest BCUT2D eigenvalue weighted by Crippen LogP contribution is 2.23. The molecule has 2 aliphatic heterocycles. The molecule has 0 atom stereocenters. The second-order valence-corrected chi connectivity index (χ2v) is 8.86. The Labute approximate surface area is 188 Å². The average molecular weight is 434 g/mol. The van der Waals surface area contributed by atoms with Crippen LogP contribution < -0.4 is 15.1 Å². The van der Waals surface area contributed by atoms with E-state index in [1.165, 1.54) is 5.69 Å². The lowest BCUT2D eigenvalue weighted by molar-refractivity contribution is -0.125. The number of anilines is 2. The van der Waals surface area contributed by atoms with Crippen molar-refractivity contribution in [3.05, 3.63) is 54.2 Å². The molecule has 0 unspecified atom stereocenters. The Morgan fingerprint density at radius 2 is 1.69 bits per heavy atom. The maximum Gasteiger partial charge on any atom is 0.231 e. The fourth-order valence-electron chi connectivity index (χ4n) is 4.61. The van der Waals surface area contributed by atoms with Gasteiger partial charge < -0.3 is 20.0 Å². The lowest BCUT2D eigenvalue weighted by Gasteiger charge is -2.34. The molecule has 4 heterocycles. The van der Waals surface area contributed by atoms with Crippen LogP contribution in [0, 0.1) is 5.92 Å². The number of amides is 1.